The Morgan fingerprint density at radius 3 is 2.90 bits per heavy atom. The highest BCUT2D eigenvalue weighted by molar-refractivity contribution is 5.85. The van der Waals surface area contributed by atoms with Crippen LogP contribution in [0.25, 0.3) is 0 Å². The van der Waals surface area contributed by atoms with Crippen molar-refractivity contribution < 1.29 is 14.3 Å². The molecular formula is C23H31N3O3. The number of carbonyl (C=O) groups is 2. The molecule has 2 bridgehead atoms. The maximum Gasteiger partial charge on any atom is 0.231 e. The average molecular weight is 398 g/mol. The number of likely N-dealkylation sites (tertiary alicyclic amines) is 1. The number of hydrogen-bond donors (Lipinski definition) is 1. The van der Waals surface area contributed by atoms with Crippen molar-refractivity contribution in [2.75, 3.05) is 39.8 Å². The summed E-state index contributed by atoms with van der Waals surface area (Å²) >= 11 is 0. The molecule has 1 aromatic rings. The Morgan fingerprint density at radius 1 is 1.28 bits per heavy atom. The molecule has 4 heterocycles. The number of nitrogens with zero attached hydrogens (tertiary/aromatic N) is 2. The first-order valence-corrected chi connectivity index (χ1v) is 11.0. The lowest BCUT2D eigenvalue weighted by Gasteiger charge is -2.54. The lowest BCUT2D eigenvalue weighted by atomic mass is 9.72. The molecule has 3 atom stereocenters. The molecule has 156 valence electrons. The molecule has 4 aliphatic heterocycles. The quantitative estimate of drug-likeness (QED) is 0.840. The molecule has 0 radical (unpaired) electrons. The monoisotopic (exact) mass is 397 g/mol. The third-order valence-electron chi connectivity index (χ3n) is 7.52. The highest BCUT2D eigenvalue weighted by Crippen LogP contribution is 2.40. The maximum atomic E-state index is 13.7. The molecule has 0 unspecified atom stereocenters. The van der Waals surface area contributed by atoms with Crippen LogP contribution in [-0.2, 0) is 16.0 Å². The van der Waals surface area contributed by atoms with Gasteiger partial charge >= 0.3 is 0 Å². The van der Waals surface area contributed by atoms with Crippen LogP contribution in [-0.4, -0.2) is 67.5 Å². The van der Waals surface area contributed by atoms with Gasteiger partial charge in [-0.15, -0.1) is 0 Å². The molecule has 0 saturated carbocycles. The fourth-order valence-electron chi connectivity index (χ4n) is 6.06. The van der Waals surface area contributed by atoms with Crippen LogP contribution in [0.3, 0.4) is 0 Å². The minimum absolute atomic E-state index is 0.296. The molecule has 0 spiro atoms. The van der Waals surface area contributed by atoms with E-state index in [2.05, 4.69) is 21.2 Å². The Hall–Kier alpha value is -2.08. The lowest BCUT2D eigenvalue weighted by molar-refractivity contribution is -0.156. The van der Waals surface area contributed by atoms with Gasteiger partial charge in [-0.25, -0.2) is 0 Å². The van der Waals surface area contributed by atoms with Gasteiger partial charge in [0.25, 0.3) is 0 Å². The second-order valence-corrected chi connectivity index (χ2v) is 9.49. The van der Waals surface area contributed by atoms with E-state index in [1.807, 2.05) is 18.2 Å². The van der Waals surface area contributed by atoms with Crippen molar-refractivity contribution in [3.05, 3.63) is 29.8 Å². The molecular weight excluding hydrogens is 366 g/mol. The summed E-state index contributed by atoms with van der Waals surface area (Å²) in [5.74, 6) is 2.33. The molecule has 1 N–H and O–H groups in total. The zero-order chi connectivity index (χ0) is 20.0. The molecule has 1 aromatic carbocycles. The van der Waals surface area contributed by atoms with Gasteiger partial charge in [0.1, 0.15) is 5.75 Å². The molecule has 6 heteroatoms. The van der Waals surface area contributed by atoms with Crippen molar-refractivity contribution in [3.63, 3.8) is 0 Å². The van der Waals surface area contributed by atoms with Crippen LogP contribution < -0.4 is 10.1 Å². The van der Waals surface area contributed by atoms with E-state index in [1.165, 1.54) is 6.42 Å². The van der Waals surface area contributed by atoms with Crippen molar-refractivity contribution in [1.82, 2.24) is 15.1 Å². The van der Waals surface area contributed by atoms with E-state index in [9.17, 15) is 9.59 Å². The third kappa shape index (κ3) is 3.31. The molecule has 29 heavy (non-hydrogen) atoms. The van der Waals surface area contributed by atoms with E-state index >= 15 is 0 Å². The summed E-state index contributed by atoms with van der Waals surface area (Å²) < 4.78 is 5.36. The normalized spacial score (nSPS) is 30.4. The van der Waals surface area contributed by atoms with Gasteiger partial charge in [-0.05, 0) is 55.2 Å². The van der Waals surface area contributed by atoms with Crippen LogP contribution in [0.5, 0.6) is 5.75 Å². The number of fused-ring (bicyclic) bond motifs is 4. The lowest BCUT2D eigenvalue weighted by Crippen LogP contribution is -2.67. The van der Waals surface area contributed by atoms with Gasteiger partial charge in [-0.3, -0.25) is 9.59 Å². The van der Waals surface area contributed by atoms with Crippen LogP contribution in [0.2, 0.25) is 0 Å². The van der Waals surface area contributed by atoms with Crippen LogP contribution in [0.1, 0.15) is 31.2 Å². The van der Waals surface area contributed by atoms with E-state index in [1.54, 1.807) is 7.11 Å². The van der Waals surface area contributed by atoms with Crippen molar-refractivity contribution >= 4 is 11.8 Å². The van der Waals surface area contributed by atoms with Crippen molar-refractivity contribution in [1.29, 1.82) is 0 Å². The Kier molecular flexibility index (Phi) is 4.77. The zero-order valence-corrected chi connectivity index (χ0v) is 17.2. The molecule has 6 nitrogen and oxygen atoms in total. The molecule has 4 aliphatic rings. The van der Waals surface area contributed by atoms with Crippen LogP contribution in [0, 0.1) is 17.3 Å². The van der Waals surface area contributed by atoms with E-state index in [0.29, 0.717) is 36.1 Å². The Labute approximate surface area is 172 Å². The molecule has 0 aromatic heterocycles. The average Bonchev–Trinajstić information content (AvgIpc) is 2.71. The molecule has 0 aliphatic carbocycles. The first-order chi connectivity index (χ1) is 14.1. The fraction of sp³-hybridized carbons (Fsp3) is 0.652. The van der Waals surface area contributed by atoms with E-state index < -0.39 is 0 Å². The van der Waals surface area contributed by atoms with Gasteiger partial charge in [0, 0.05) is 45.2 Å². The number of ether oxygens (including phenoxy) is 1. The Balaban J connectivity index is 1.32. The number of rotatable bonds is 4. The van der Waals surface area contributed by atoms with Crippen LogP contribution >= 0.6 is 0 Å². The maximum absolute atomic E-state index is 13.7. The largest absolute Gasteiger partial charge is 0.497 e. The number of piperidine rings is 3. The third-order valence-corrected chi connectivity index (χ3v) is 7.52. The summed E-state index contributed by atoms with van der Waals surface area (Å²) in [6, 6.07) is 8.42. The highest BCUT2D eigenvalue weighted by Gasteiger charge is 2.50. The standard InChI is InChI=1S/C23H31N3O3/c1-29-19-5-2-4-16(9-19)10-23(14-24-15-23)22(28)25-11-17-8-18(13-25)20-6-3-7-21(27)26(20)12-17/h2,4-5,9,17-18,20,24H,3,6-8,10-15H2,1H3/t17-,18+,20-/m0/s1. The molecule has 4 fully saturated rings. The van der Waals surface area contributed by atoms with E-state index in [0.717, 1.165) is 63.3 Å². The first-order valence-electron chi connectivity index (χ1n) is 11.0. The summed E-state index contributed by atoms with van der Waals surface area (Å²) in [6.07, 6.45) is 4.71. The van der Waals surface area contributed by atoms with E-state index in [4.69, 9.17) is 4.74 Å². The predicted octanol–water partition coefficient (Wildman–Crippen LogP) is 1.69. The molecule has 4 saturated heterocycles. The van der Waals surface area contributed by atoms with Crippen LogP contribution in [0.15, 0.2) is 24.3 Å². The number of hydrogen-bond acceptors (Lipinski definition) is 4. The zero-order valence-electron chi connectivity index (χ0n) is 17.2. The van der Waals surface area contributed by atoms with Crippen LogP contribution in [0.4, 0.5) is 0 Å². The van der Waals surface area contributed by atoms with Gasteiger partial charge in [0.15, 0.2) is 0 Å². The summed E-state index contributed by atoms with van der Waals surface area (Å²) in [5, 5.41) is 3.34. The van der Waals surface area contributed by atoms with Gasteiger partial charge in [-0.1, -0.05) is 12.1 Å². The predicted molar refractivity (Wildman–Crippen MR) is 110 cm³/mol. The van der Waals surface area contributed by atoms with E-state index in [-0.39, 0.29) is 5.41 Å². The second kappa shape index (κ2) is 7.31. The van der Waals surface area contributed by atoms with Crippen molar-refractivity contribution in [2.45, 2.75) is 38.1 Å². The second-order valence-electron chi connectivity index (χ2n) is 9.49. The summed E-state index contributed by atoms with van der Waals surface area (Å²) in [6.45, 7) is 3.92. The van der Waals surface area contributed by atoms with Gasteiger partial charge in [0.05, 0.1) is 12.5 Å². The number of amides is 2. The molecule has 2 amide bonds. The number of methoxy groups -OCH3 is 1. The van der Waals surface area contributed by atoms with Gasteiger partial charge < -0.3 is 19.9 Å². The smallest absolute Gasteiger partial charge is 0.231 e. The Morgan fingerprint density at radius 2 is 2.14 bits per heavy atom. The highest BCUT2D eigenvalue weighted by atomic mass is 16.5. The van der Waals surface area contributed by atoms with Gasteiger partial charge in [0.2, 0.25) is 11.8 Å². The van der Waals surface area contributed by atoms with Crippen molar-refractivity contribution in [3.8, 4) is 5.75 Å². The summed E-state index contributed by atoms with van der Waals surface area (Å²) in [5.41, 5.74) is 0.806. The SMILES string of the molecule is COc1cccc(CC2(C(=O)N3C[C@@H]4C[C@H](C3)[C@@H]3CCCC(=O)N3C4)CNC2)c1. The van der Waals surface area contributed by atoms with Gasteiger partial charge in [-0.2, -0.15) is 0 Å². The number of nitrogens with one attached hydrogen (secondary N) is 1. The molecule has 5 rings (SSSR count). The minimum atomic E-state index is -0.347. The minimum Gasteiger partial charge on any atom is -0.497 e. The fourth-order valence-corrected chi connectivity index (χ4v) is 6.06. The number of benzene rings is 1. The Bertz CT molecular complexity index is 806. The topological polar surface area (TPSA) is 61.9 Å². The summed E-state index contributed by atoms with van der Waals surface area (Å²) in [7, 11) is 1.68. The first kappa shape index (κ1) is 18.9. The summed E-state index contributed by atoms with van der Waals surface area (Å²) in [4.78, 5) is 30.3. The number of carbonyl (C=O) groups excluding carboxylic acids is 2. The van der Waals surface area contributed by atoms with Crippen molar-refractivity contribution in [2.24, 2.45) is 17.3 Å².